The lowest BCUT2D eigenvalue weighted by molar-refractivity contribution is 0.0729. The molecule has 4 aromatic rings. The number of aryl methyl sites for hydroxylation is 2. The normalized spacial score (nSPS) is 10.9. The Balaban J connectivity index is 1.71. The Bertz CT molecular complexity index is 1270. The van der Waals surface area contributed by atoms with E-state index in [0.717, 1.165) is 38.9 Å². The largest absolute Gasteiger partial charge is 0.497 e. The molecule has 0 unspecified atom stereocenters. The molecule has 1 aromatic heterocycles. The monoisotopic (exact) mass is 444 g/mol. The van der Waals surface area contributed by atoms with Crippen LogP contribution >= 0.6 is 11.6 Å². The number of carbonyl (C=O) groups excluding carboxylic acids is 1. The molecule has 0 N–H and O–H groups in total. The molecule has 4 nitrogen and oxygen atoms in total. The third-order valence-corrected chi connectivity index (χ3v) is 5.96. The van der Waals surface area contributed by atoms with Crippen LogP contribution in [0.5, 0.6) is 5.75 Å². The van der Waals surface area contributed by atoms with Gasteiger partial charge < -0.3 is 9.64 Å². The van der Waals surface area contributed by atoms with Crippen molar-refractivity contribution < 1.29 is 9.53 Å². The molecule has 0 atom stereocenters. The van der Waals surface area contributed by atoms with Crippen LogP contribution in [0.2, 0.25) is 5.15 Å². The van der Waals surface area contributed by atoms with Crippen LogP contribution in [-0.4, -0.2) is 22.9 Å². The lowest BCUT2D eigenvalue weighted by atomic mass is 10.1. The van der Waals surface area contributed by atoms with Gasteiger partial charge in [-0.15, -0.1) is 0 Å². The summed E-state index contributed by atoms with van der Waals surface area (Å²) in [4.78, 5) is 20.0. The summed E-state index contributed by atoms with van der Waals surface area (Å²) in [5.41, 5.74) is 5.40. The summed E-state index contributed by atoms with van der Waals surface area (Å²) in [5, 5.41) is 1.43. The molecule has 162 valence electrons. The minimum Gasteiger partial charge on any atom is -0.497 e. The van der Waals surface area contributed by atoms with Gasteiger partial charge >= 0.3 is 0 Å². The second-order valence-corrected chi connectivity index (χ2v) is 8.27. The Kier molecular flexibility index (Phi) is 6.42. The van der Waals surface area contributed by atoms with Crippen LogP contribution in [0.4, 0.5) is 0 Å². The van der Waals surface area contributed by atoms with E-state index in [9.17, 15) is 4.79 Å². The van der Waals surface area contributed by atoms with Gasteiger partial charge in [-0.05, 0) is 54.8 Å². The second kappa shape index (κ2) is 9.41. The number of pyridine rings is 1. The number of benzene rings is 3. The Morgan fingerprint density at radius 2 is 1.66 bits per heavy atom. The first-order valence-electron chi connectivity index (χ1n) is 10.5. The maximum absolute atomic E-state index is 13.6. The molecule has 0 fully saturated rings. The molecule has 32 heavy (non-hydrogen) atoms. The number of aromatic nitrogens is 1. The third-order valence-electron chi connectivity index (χ3n) is 5.63. The molecular weight excluding hydrogens is 420 g/mol. The van der Waals surface area contributed by atoms with Crippen molar-refractivity contribution in [2.75, 3.05) is 7.11 Å². The summed E-state index contributed by atoms with van der Waals surface area (Å²) in [6, 6.07) is 23.5. The molecule has 0 spiro atoms. The van der Waals surface area contributed by atoms with Crippen molar-refractivity contribution >= 4 is 28.4 Å². The molecule has 0 saturated carbocycles. The molecule has 1 heterocycles. The number of fused-ring (bicyclic) bond motifs is 1. The second-order valence-electron chi connectivity index (χ2n) is 7.91. The van der Waals surface area contributed by atoms with Gasteiger partial charge in [0.1, 0.15) is 10.9 Å². The summed E-state index contributed by atoms with van der Waals surface area (Å²) in [5.74, 6) is 0.738. The first-order valence-corrected chi connectivity index (χ1v) is 10.9. The Morgan fingerprint density at radius 1 is 0.938 bits per heavy atom. The standard InChI is InChI=1S/C27H25ClN2O2/c1-18-7-4-5-10-24(18)27(31)30(16-20-11-13-23(32-3)14-12-20)17-22-15-21-9-6-8-19(2)25(21)29-26(22)28/h4-15H,16-17H2,1-3H3. The van der Waals surface area contributed by atoms with Gasteiger partial charge in [0.25, 0.3) is 5.91 Å². The van der Waals surface area contributed by atoms with Crippen LogP contribution in [0.25, 0.3) is 10.9 Å². The highest BCUT2D eigenvalue weighted by molar-refractivity contribution is 6.30. The fourth-order valence-corrected chi connectivity index (χ4v) is 4.02. The average Bonchev–Trinajstić information content (AvgIpc) is 2.80. The smallest absolute Gasteiger partial charge is 0.254 e. The van der Waals surface area contributed by atoms with Crippen molar-refractivity contribution in [1.82, 2.24) is 9.88 Å². The van der Waals surface area contributed by atoms with Crippen LogP contribution in [0.3, 0.4) is 0 Å². The predicted molar refractivity (Wildman–Crippen MR) is 129 cm³/mol. The molecule has 0 aliphatic carbocycles. The van der Waals surface area contributed by atoms with Gasteiger partial charge in [0.05, 0.1) is 12.6 Å². The molecule has 0 aliphatic rings. The average molecular weight is 445 g/mol. The summed E-state index contributed by atoms with van der Waals surface area (Å²) in [7, 11) is 1.64. The van der Waals surface area contributed by atoms with Crippen LogP contribution in [0, 0.1) is 13.8 Å². The molecule has 5 heteroatoms. The van der Waals surface area contributed by atoms with Crippen LogP contribution < -0.4 is 4.74 Å². The number of nitrogens with zero attached hydrogens (tertiary/aromatic N) is 2. The van der Waals surface area contributed by atoms with Crippen molar-refractivity contribution in [3.05, 3.63) is 106 Å². The minimum atomic E-state index is -0.0423. The highest BCUT2D eigenvalue weighted by Crippen LogP contribution is 2.26. The summed E-state index contributed by atoms with van der Waals surface area (Å²) >= 11 is 6.58. The molecule has 1 amide bonds. The molecular formula is C27H25ClN2O2. The highest BCUT2D eigenvalue weighted by Gasteiger charge is 2.20. The molecule has 4 rings (SSSR count). The summed E-state index contributed by atoms with van der Waals surface area (Å²) in [6.07, 6.45) is 0. The summed E-state index contributed by atoms with van der Waals surface area (Å²) in [6.45, 7) is 4.77. The van der Waals surface area contributed by atoms with E-state index in [1.54, 1.807) is 7.11 Å². The summed E-state index contributed by atoms with van der Waals surface area (Å²) < 4.78 is 5.26. The quantitative estimate of drug-likeness (QED) is 0.325. The van der Waals surface area contributed by atoms with E-state index in [2.05, 4.69) is 4.98 Å². The van der Waals surface area contributed by atoms with E-state index in [-0.39, 0.29) is 5.91 Å². The number of para-hydroxylation sites is 1. The zero-order valence-corrected chi connectivity index (χ0v) is 19.2. The van der Waals surface area contributed by atoms with Crippen molar-refractivity contribution in [2.24, 2.45) is 0 Å². The predicted octanol–water partition coefficient (Wildman–Crippen LogP) is 6.36. The fraction of sp³-hybridized carbons (Fsp3) is 0.185. The topological polar surface area (TPSA) is 42.4 Å². The van der Waals surface area contributed by atoms with E-state index in [0.29, 0.717) is 23.8 Å². The van der Waals surface area contributed by atoms with Gasteiger partial charge in [-0.25, -0.2) is 4.98 Å². The Labute approximate surface area is 193 Å². The van der Waals surface area contributed by atoms with Gasteiger partial charge in [0.15, 0.2) is 0 Å². The molecule has 0 bridgehead atoms. The molecule has 0 saturated heterocycles. The maximum Gasteiger partial charge on any atom is 0.254 e. The van der Waals surface area contributed by atoms with Gasteiger partial charge in [-0.3, -0.25) is 4.79 Å². The molecule has 0 aliphatic heterocycles. The van der Waals surface area contributed by atoms with Gasteiger partial charge in [0.2, 0.25) is 0 Å². The number of halogens is 1. The van der Waals surface area contributed by atoms with Crippen LogP contribution in [-0.2, 0) is 13.1 Å². The lowest BCUT2D eigenvalue weighted by Crippen LogP contribution is -2.31. The van der Waals surface area contributed by atoms with Gasteiger partial charge in [-0.2, -0.15) is 0 Å². The Morgan fingerprint density at radius 3 is 2.38 bits per heavy atom. The molecule has 0 radical (unpaired) electrons. The SMILES string of the molecule is COc1ccc(CN(Cc2cc3cccc(C)c3nc2Cl)C(=O)c2ccccc2C)cc1. The van der Waals surface area contributed by atoms with E-state index in [1.807, 2.05) is 91.5 Å². The number of rotatable bonds is 6. The number of amides is 1. The number of hydrogen-bond donors (Lipinski definition) is 0. The minimum absolute atomic E-state index is 0.0423. The van der Waals surface area contributed by atoms with Crippen molar-refractivity contribution in [3.63, 3.8) is 0 Å². The number of ether oxygens (including phenoxy) is 1. The van der Waals surface area contributed by atoms with Crippen molar-refractivity contribution in [1.29, 1.82) is 0 Å². The highest BCUT2D eigenvalue weighted by atomic mass is 35.5. The first-order chi connectivity index (χ1) is 15.5. The Hall–Kier alpha value is -3.37. The maximum atomic E-state index is 13.6. The fourth-order valence-electron chi connectivity index (χ4n) is 3.82. The van der Waals surface area contributed by atoms with Gasteiger partial charge in [-0.1, -0.05) is 60.1 Å². The van der Waals surface area contributed by atoms with Gasteiger partial charge in [0, 0.05) is 29.6 Å². The number of hydrogen-bond acceptors (Lipinski definition) is 3. The lowest BCUT2D eigenvalue weighted by Gasteiger charge is -2.24. The molecule has 3 aromatic carbocycles. The first kappa shape index (κ1) is 21.8. The number of carbonyl (C=O) groups is 1. The number of methoxy groups -OCH3 is 1. The van der Waals surface area contributed by atoms with E-state index in [1.165, 1.54) is 0 Å². The van der Waals surface area contributed by atoms with Crippen LogP contribution in [0.15, 0.2) is 72.8 Å². The van der Waals surface area contributed by atoms with Crippen LogP contribution in [0.1, 0.15) is 32.6 Å². The van der Waals surface area contributed by atoms with E-state index < -0.39 is 0 Å². The zero-order chi connectivity index (χ0) is 22.7. The van der Waals surface area contributed by atoms with E-state index in [4.69, 9.17) is 16.3 Å². The van der Waals surface area contributed by atoms with Crippen molar-refractivity contribution in [3.8, 4) is 5.75 Å². The zero-order valence-electron chi connectivity index (χ0n) is 18.4. The van der Waals surface area contributed by atoms with Crippen molar-refractivity contribution in [2.45, 2.75) is 26.9 Å². The van der Waals surface area contributed by atoms with E-state index >= 15 is 0 Å². The third kappa shape index (κ3) is 4.61.